The van der Waals surface area contributed by atoms with E-state index >= 15 is 0 Å². The summed E-state index contributed by atoms with van der Waals surface area (Å²) in [5.74, 6) is 0.267. The van der Waals surface area contributed by atoms with Crippen molar-refractivity contribution in [2.24, 2.45) is 11.8 Å². The highest BCUT2D eigenvalue weighted by Crippen LogP contribution is 2.29. The SMILES string of the molecule is CC(C)OCC1CCC(COC(=O)c2ccc(C(=O)C(C)(C)O)cc2)CC1. The lowest BCUT2D eigenvalue weighted by atomic mass is 9.83. The molecule has 2 rings (SSSR count). The molecule has 0 aromatic heterocycles. The van der Waals surface area contributed by atoms with Gasteiger partial charge in [-0.05, 0) is 77.3 Å². The van der Waals surface area contributed by atoms with Crippen LogP contribution in [0, 0.1) is 11.8 Å². The molecule has 0 saturated heterocycles. The van der Waals surface area contributed by atoms with Crippen LogP contribution in [0.1, 0.15) is 74.1 Å². The molecule has 1 aromatic rings. The molecular weight excluding hydrogens is 344 g/mol. The fraction of sp³-hybridized carbons (Fsp3) is 0.636. The summed E-state index contributed by atoms with van der Waals surface area (Å²) >= 11 is 0. The summed E-state index contributed by atoms with van der Waals surface area (Å²) in [6.45, 7) is 8.25. The number of ketones is 1. The maximum Gasteiger partial charge on any atom is 0.338 e. The normalized spacial score (nSPS) is 20.5. The molecule has 0 heterocycles. The first kappa shape index (κ1) is 21.6. The molecule has 0 spiro atoms. The van der Waals surface area contributed by atoms with E-state index < -0.39 is 5.60 Å². The van der Waals surface area contributed by atoms with Crippen LogP contribution in [0.25, 0.3) is 0 Å². The zero-order chi connectivity index (χ0) is 20.0. The van der Waals surface area contributed by atoms with Gasteiger partial charge in [-0.3, -0.25) is 4.79 Å². The maximum atomic E-state index is 12.2. The van der Waals surface area contributed by atoms with Crippen molar-refractivity contribution in [3.8, 4) is 0 Å². The quantitative estimate of drug-likeness (QED) is 0.548. The van der Waals surface area contributed by atoms with E-state index in [1.54, 1.807) is 24.3 Å². The van der Waals surface area contributed by atoms with Crippen LogP contribution in [0.2, 0.25) is 0 Å². The summed E-state index contributed by atoms with van der Waals surface area (Å²) in [5.41, 5.74) is -0.636. The number of carbonyl (C=O) groups excluding carboxylic acids is 2. The van der Waals surface area contributed by atoms with Crippen molar-refractivity contribution in [1.82, 2.24) is 0 Å². The lowest BCUT2D eigenvalue weighted by Crippen LogP contribution is -2.31. The van der Waals surface area contributed by atoms with E-state index in [1.807, 2.05) is 0 Å². The predicted octanol–water partition coefficient (Wildman–Crippen LogP) is 4.03. The molecule has 5 nitrogen and oxygen atoms in total. The summed E-state index contributed by atoms with van der Waals surface area (Å²) in [6.07, 6.45) is 4.61. The first-order valence-corrected chi connectivity index (χ1v) is 9.82. The fourth-order valence-corrected chi connectivity index (χ4v) is 3.28. The maximum absolute atomic E-state index is 12.2. The van der Waals surface area contributed by atoms with Crippen molar-refractivity contribution in [3.05, 3.63) is 35.4 Å². The van der Waals surface area contributed by atoms with Crippen molar-refractivity contribution < 1.29 is 24.2 Å². The van der Waals surface area contributed by atoms with E-state index in [1.165, 1.54) is 13.8 Å². The number of ether oxygens (including phenoxy) is 2. The topological polar surface area (TPSA) is 72.8 Å². The van der Waals surface area contributed by atoms with Crippen LogP contribution in [0.3, 0.4) is 0 Å². The average molecular weight is 376 g/mol. The van der Waals surface area contributed by atoms with Gasteiger partial charge in [0, 0.05) is 12.2 Å². The van der Waals surface area contributed by atoms with Gasteiger partial charge >= 0.3 is 5.97 Å². The first-order valence-electron chi connectivity index (χ1n) is 9.82. The Bertz CT molecular complexity index is 619. The third kappa shape index (κ3) is 6.74. The zero-order valence-corrected chi connectivity index (χ0v) is 16.9. The highest BCUT2D eigenvalue weighted by Gasteiger charge is 2.26. The minimum Gasteiger partial charge on any atom is -0.462 e. The van der Waals surface area contributed by atoms with Crippen LogP contribution in [0.4, 0.5) is 0 Å². The van der Waals surface area contributed by atoms with E-state index in [2.05, 4.69) is 13.8 Å². The zero-order valence-electron chi connectivity index (χ0n) is 16.9. The molecule has 1 fully saturated rings. The Hall–Kier alpha value is -1.72. The second kappa shape index (κ2) is 9.47. The van der Waals surface area contributed by atoms with Gasteiger partial charge in [0.15, 0.2) is 5.78 Å². The molecule has 0 unspecified atom stereocenters. The van der Waals surface area contributed by atoms with Crippen molar-refractivity contribution >= 4 is 11.8 Å². The van der Waals surface area contributed by atoms with E-state index in [0.29, 0.717) is 29.6 Å². The van der Waals surface area contributed by atoms with Crippen molar-refractivity contribution in [2.75, 3.05) is 13.2 Å². The van der Waals surface area contributed by atoms with Crippen LogP contribution in [-0.4, -0.2) is 41.8 Å². The summed E-state index contributed by atoms with van der Waals surface area (Å²) in [6, 6.07) is 6.25. The fourth-order valence-electron chi connectivity index (χ4n) is 3.28. The third-order valence-electron chi connectivity index (χ3n) is 5.02. The van der Waals surface area contributed by atoms with Gasteiger partial charge in [0.25, 0.3) is 0 Å². The molecule has 1 N–H and O–H groups in total. The molecule has 1 saturated carbocycles. The highest BCUT2D eigenvalue weighted by atomic mass is 16.5. The lowest BCUT2D eigenvalue weighted by molar-refractivity contribution is 0.0227. The van der Waals surface area contributed by atoms with Gasteiger partial charge < -0.3 is 14.6 Å². The second-order valence-electron chi connectivity index (χ2n) is 8.33. The Kier molecular flexibility index (Phi) is 7.57. The van der Waals surface area contributed by atoms with Crippen LogP contribution < -0.4 is 0 Å². The minimum atomic E-state index is -1.43. The van der Waals surface area contributed by atoms with Gasteiger partial charge in [0.05, 0.1) is 18.3 Å². The largest absolute Gasteiger partial charge is 0.462 e. The monoisotopic (exact) mass is 376 g/mol. The number of hydrogen-bond donors (Lipinski definition) is 1. The Morgan fingerprint density at radius 2 is 1.48 bits per heavy atom. The number of benzene rings is 1. The van der Waals surface area contributed by atoms with Gasteiger partial charge in [-0.2, -0.15) is 0 Å². The Balaban J connectivity index is 1.77. The van der Waals surface area contributed by atoms with Crippen molar-refractivity contribution in [3.63, 3.8) is 0 Å². The van der Waals surface area contributed by atoms with E-state index in [4.69, 9.17) is 9.47 Å². The van der Waals surface area contributed by atoms with Gasteiger partial charge in [-0.1, -0.05) is 12.1 Å². The highest BCUT2D eigenvalue weighted by molar-refractivity contribution is 6.02. The number of hydrogen-bond acceptors (Lipinski definition) is 5. The van der Waals surface area contributed by atoms with E-state index in [9.17, 15) is 14.7 Å². The molecular formula is C22H32O5. The summed E-state index contributed by atoms with van der Waals surface area (Å²) in [4.78, 5) is 24.2. The van der Waals surface area contributed by atoms with Gasteiger partial charge in [0.1, 0.15) is 5.60 Å². The Morgan fingerprint density at radius 1 is 1.00 bits per heavy atom. The molecule has 1 aromatic carbocycles. The van der Waals surface area contributed by atoms with E-state index in [-0.39, 0.29) is 17.9 Å². The molecule has 0 atom stereocenters. The van der Waals surface area contributed by atoms with Gasteiger partial charge in [-0.15, -0.1) is 0 Å². The standard InChI is InChI=1S/C22H32O5/c1-15(2)26-13-16-5-7-17(8-6-16)14-27-21(24)19-11-9-18(10-12-19)20(23)22(3,4)25/h9-12,15-17,25H,5-8,13-14H2,1-4H3. The molecule has 0 aliphatic heterocycles. The van der Waals surface area contributed by atoms with Crippen LogP contribution in [-0.2, 0) is 9.47 Å². The van der Waals surface area contributed by atoms with E-state index in [0.717, 1.165) is 32.3 Å². The summed E-state index contributed by atoms with van der Waals surface area (Å²) in [7, 11) is 0. The molecule has 1 aliphatic rings. The number of rotatable bonds is 8. The average Bonchev–Trinajstić information content (AvgIpc) is 2.64. The van der Waals surface area contributed by atoms with Gasteiger partial charge in [0.2, 0.25) is 0 Å². The molecule has 5 heteroatoms. The Morgan fingerprint density at radius 3 is 1.96 bits per heavy atom. The second-order valence-corrected chi connectivity index (χ2v) is 8.33. The number of Topliss-reactive ketones (excluding diaryl/α,β-unsaturated/α-hetero) is 1. The van der Waals surface area contributed by atoms with Gasteiger partial charge in [-0.25, -0.2) is 4.79 Å². The summed E-state index contributed by atoms with van der Waals surface area (Å²) < 4.78 is 11.2. The number of carbonyl (C=O) groups is 2. The van der Waals surface area contributed by atoms with Crippen LogP contribution >= 0.6 is 0 Å². The Labute approximate surface area is 162 Å². The molecule has 150 valence electrons. The summed E-state index contributed by atoms with van der Waals surface area (Å²) in [5, 5.41) is 9.78. The molecule has 0 amide bonds. The molecule has 0 radical (unpaired) electrons. The predicted molar refractivity (Wildman–Crippen MR) is 104 cm³/mol. The van der Waals surface area contributed by atoms with Crippen LogP contribution in [0.5, 0.6) is 0 Å². The first-order chi connectivity index (χ1) is 12.7. The lowest BCUT2D eigenvalue weighted by Gasteiger charge is -2.28. The molecule has 1 aliphatic carbocycles. The number of aliphatic hydroxyl groups is 1. The molecule has 27 heavy (non-hydrogen) atoms. The van der Waals surface area contributed by atoms with Crippen molar-refractivity contribution in [2.45, 2.75) is 65.1 Å². The van der Waals surface area contributed by atoms with Crippen LogP contribution in [0.15, 0.2) is 24.3 Å². The van der Waals surface area contributed by atoms with Crippen molar-refractivity contribution in [1.29, 1.82) is 0 Å². The smallest absolute Gasteiger partial charge is 0.338 e. The minimum absolute atomic E-state index is 0.272. The number of esters is 1. The third-order valence-corrected chi connectivity index (χ3v) is 5.02. The molecule has 0 bridgehead atoms.